The third-order valence-corrected chi connectivity index (χ3v) is 3.41. The van der Waals surface area contributed by atoms with Crippen LogP contribution in [0.5, 0.6) is 0 Å². The zero-order valence-electron chi connectivity index (χ0n) is 9.45. The summed E-state index contributed by atoms with van der Waals surface area (Å²) >= 11 is 0. The van der Waals surface area contributed by atoms with E-state index in [1.165, 1.54) is 49.8 Å². The van der Waals surface area contributed by atoms with Crippen LogP contribution in [0.15, 0.2) is 24.4 Å². The third kappa shape index (κ3) is 1.66. The molecule has 1 saturated heterocycles. The van der Waals surface area contributed by atoms with Crippen molar-refractivity contribution in [3.63, 3.8) is 0 Å². The average Bonchev–Trinajstić information content (AvgIpc) is 2.63. The average molecular weight is 215 g/mol. The number of aromatic amines is 1. The molecule has 2 aromatic rings. The molecule has 1 fully saturated rings. The normalized spacial score (nSPS) is 17.6. The van der Waals surface area contributed by atoms with Crippen molar-refractivity contribution in [1.29, 1.82) is 0 Å². The summed E-state index contributed by atoms with van der Waals surface area (Å²) in [5, 5.41) is 8.42. The molecule has 0 atom stereocenters. The van der Waals surface area contributed by atoms with Crippen molar-refractivity contribution < 1.29 is 0 Å². The molecular formula is C13H17N3. The first-order valence-electron chi connectivity index (χ1n) is 6.12. The second kappa shape index (κ2) is 4.16. The second-order valence-electron chi connectivity index (χ2n) is 4.51. The molecule has 3 nitrogen and oxygen atoms in total. The van der Waals surface area contributed by atoms with Crippen molar-refractivity contribution in [2.75, 3.05) is 18.0 Å². The van der Waals surface area contributed by atoms with Crippen molar-refractivity contribution in [2.45, 2.75) is 25.7 Å². The number of anilines is 1. The molecule has 3 rings (SSSR count). The lowest BCUT2D eigenvalue weighted by Crippen LogP contribution is -2.23. The maximum atomic E-state index is 4.13. The highest BCUT2D eigenvalue weighted by Gasteiger charge is 2.12. The number of H-pyrrole nitrogens is 1. The summed E-state index contributed by atoms with van der Waals surface area (Å²) in [5.74, 6) is 0. The van der Waals surface area contributed by atoms with E-state index in [1.807, 2.05) is 6.20 Å². The highest BCUT2D eigenvalue weighted by molar-refractivity contribution is 5.91. The molecule has 0 radical (unpaired) electrons. The van der Waals surface area contributed by atoms with Crippen LogP contribution < -0.4 is 4.90 Å². The lowest BCUT2D eigenvalue weighted by atomic mass is 10.2. The Morgan fingerprint density at radius 1 is 1.06 bits per heavy atom. The first-order chi connectivity index (χ1) is 7.95. The Kier molecular flexibility index (Phi) is 2.52. The smallest absolute Gasteiger partial charge is 0.0671 e. The van der Waals surface area contributed by atoms with Gasteiger partial charge in [-0.1, -0.05) is 18.9 Å². The first-order valence-corrected chi connectivity index (χ1v) is 6.12. The zero-order valence-corrected chi connectivity index (χ0v) is 9.45. The Hall–Kier alpha value is -1.51. The SMILES string of the molecule is c1cc(N2CCCCCC2)c2cn[nH]c2c1. The minimum atomic E-state index is 1.14. The van der Waals surface area contributed by atoms with Crippen LogP contribution in [-0.4, -0.2) is 23.3 Å². The molecule has 0 unspecified atom stereocenters. The van der Waals surface area contributed by atoms with Gasteiger partial charge in [-0.2, -0.15) is 5.10 Å². The molecule has 1 N–H and O–H groups in total. The van der Waals surface area contributed by atoms with Gasteiger partial charge in [0.2, 0.25) is 0 Å². The lowest BCUT2D eigenvalue weighted by molar-refractivity contribution is 0.726. The van der Waals surface area contributed by atoms with E-state index in [4.69, 9.17) is 0 Å². The van der Waals surface area contributed by atoms with Crippen LogP contribution in [0.2, 0.25) is 0 Å². The molecule has 0 spiro atoms. The van der Waals surface area contributed by atoms with E-state index >= 15 is 0 Å². The lowest BCUT2D eigenvalue weighted by Gasteiger charge is -2.23. The van der Waals surface area contributed by atoms with E-state index in [0.717, 1.165) is 5.52 Å². The highest BCUT2D eigenvalue weighted by Crippen LogP contribution is 2.27. The molecule has 2 heterocycles. The number of rotatable bonds is 1. The van der Waals surface area contributed by atoms with E-state index < -0.39 is 0 Å². The van der Waals surface area contributed by atoms with E-state index in [1.54, 1.807) is 0 Å². The van der Waals surface area contributed by atoms with Gasteiger partial charge < -0.3 is 4.90 Å². The van der Waals surface area contributed by atoms with Gasteiger partial charge in [0.1, 0.15) is 0 Å². The fourth-order valence-electron chi connectivity index (χ4n) is 2.54. The predicted molar refractivity (Wildman–Crippen MR) is 66.8 cm³/mol. The van der Waals surface area contributed by atoms with Crippen LogP contribution in [0.3, 0.4) is 0 Å². The second-order valence-corrected chi connectivity index (χ2v) is 4.51. The van der Waals surface area contributed by atoms with Gasteiger partial charge in [0, 0.05) is 24.2 Å². The molecule has 3 heteroatoms. The Balaban J connectivity index is 2.00. The van der Waals surface area contributed by atoms with Gasteiger partial charge in [-0.05, 0) is 25.0 Å². The summed E-state index contributed by atoms with van der Waals surface area (Å²) in [6.07, 6.45) is 7.31. The van der Waals surface area contributed by atoms with Crippen LogP contribution in [0.25, 0.3) is 10.9 Å². The minimum absolute atomic E-state index is 1.14. The molecule has 0 bridgehead atoms. The number of benzene rings is 1. The van der Waals surface area contributed by atoms with Gasteiger partial charge in [-0.25, -0.2) is 0 Å². The van der Waals surface area contributed by atoms with Crippen molar-refractivity contribution >= 4 is 16.6 Å². The van der Waals surface area contributed by atoms with Gasteiger partial charge in [0.25, 0.3) is 0 Å². The summed E-state index contributed by atoms with van der Waals surface area (Å²) in [4.78, 5) is 2.50. The van der Waals surface area contributed by atoms with Crippen molar-refractivity contribution in [1.82, 2.24) is 10.2 Å². The van der Waals surface area contributed by atoms with Crippen molar-refractivity contribution in [3.05, 3.63) is 24.4 Å². The summed E-state index contributed by atoms with van der Waals surface area (Å²) < 4.78 is 0. The monoisotopic (exact) mass is 215 g/mol. The number of fused-ring (bicyclic) bond motifs is 1. The van der Waals surface area contributed by atoms with E-state index in [2.05, 4.69) is 33.3 Å². The van der Waals surface area contributed by atoms with Crippen LogP contribution in [0.1, 0.15) is 25.7 Å². The molecule has 0 saturated carbocycles. The summed E-state index contributed by atoms with van der Waals surface area (Å²) in [5.41, 5.74) is 2.48. The summed E-state index contributed by atoms with van der Waals surface area (Å²) in [7, 11) is 0. The van der Waals surface area contributed by atoms with Crippen molar-refractivity contribution in [2.24, 2.45) is 0 Å². The number of aromatic nitrogens is 2. The van der Waals surface area contributed by atoms with Gasteiger partial charge in [0.05, 0.1) is 11.7 Å². The summed E-state index contributed by atoms with van der Waals surface area (Å²) in [6, 6.07) is 6.41. The minimum Gasteiger partial charge on any atom is -0.371 e. The molecule has 0 amide bonds. The largest absolute Gasteiger partial charge is 0.371 e. The summed E-state index contributed by atoms with van der Waals surface area (Å²) in [6.45, 7) is 2.37. The molecule has 1 aliphatic heterocycles. The van der Waals surface area contributed by atoms with E-state index in [-0.39, 0.29) is 0 Å². The third-order valence-electron chi connectivity index (χ3n) is 3.41. The molecule has 0 aliphatic carbocycles. The zero-order chi connectivity index (χ0) is 10.8. The number of nitrogens with one attached hydrogen (secondary N) is 1. The molecule has 84 valence electrons. The first kappa shape index (κ1) is 9.70. The molecular weight excluding hydrogens is 198 g/mol. The van der Waals surface area contributed by atoms with Crippen LogP contribution in [0, 0.1) is 0 Å². The fourth-order valence-corrected chi connectivity index (χ4v) is 2.54. The predicted octanol–water partition coefficient (Wildman–Crippen LogP) is 2.94. The Morgan fingerprint density at radius 2 is 1.88 bits per heavy atom. The van der Waals surface area contributed by atoms with Crippen LogP contribution in [0.4, 0.5) is 5.69 Å². The van der Waals surface area contributed by atoms with Gasteiger partial charge in [-0.15, -0.1) is 0 Å². The Morgan fingerprint density at radius 3 is 2.69 bits per heavy atom. The van der Waals surface area contributed by atoms with Crippen molar-refractivity contribution in [3.8, 4) is 0 Å². The van der Waals surface area contributed by atoms with Gasteiger partial charge in [-0.3, -0.25) is 5.10 Å². The molecule has 1 aliphatic rings. The quantitative estimate of drug-likeness (QED) is 0.793. The topological polar surface area (TPSA) is 31.9 Å². The maximum absolute atomic E-state index is 4.13. The van der Waals surface area contributed by atoms with Gasteiger partial charge >= 0.3 is 0 Å². The Bertz CT molecular complexity index is 467. The fraction of sp³-hybridized carbons (Fsp3) is 0.462. The van der Waals surface area contributed by atoms with Crippen LogP contribution in [-0.2, 0) is 0 Å². The number of nitrogens with zero attached hydrogens (tertiary/aromatic N) is 2. The number of hydrogen-bond acceptors (Lipinski definition) is 2. The van der Waals surface area contributed by atoms with Gasteiger partial charge in [0.15, 0.2) is 0 Å². The van der Waals surface area contributed by atoms with Crippen LogP contribution >= 0.6 is 0 Å². The molecule has 1 aromatic heterocycles. The molecule has 16 heavy (non-hydrogen) atoms. The van der Waals surface area contributed by atoms with E-state index in [9.17, 15) is 0 Å². The van der Waals surface area contributed by atoms with E-state index in [0.29, 0.717) is 0 Å². The Labute approximate surface area is 95.5 Å². The maximum Gasteiger partial charge on any atom is 0.0671 e. The highest BCUT2D eigenvalue weighted by atomic mass is 15.1. The standard InChI is InChI=1S/C13H17N3/c1-2-4-9-16(8-3-1)13-7-5-6-12-11(13)10-14-15-12/h5-7,10H,1-4,8-9H2,(H,14,15). The number of hydrogen-bond donors (Lipinski definition) is 1. The molecule has 1 aromatic carbocycles.